The normalized spacial score (nSPS) is 20.0. The molecule has 2 unspecified atom stereocenters. The lowest BCUT2D eigenvalue weighted by Gasteiger charge is -2.36. The summed E-state index contributed by atoms with van der Waals surface area (Å²) in [6.45, 7) is 6.26. The lowest BCUT2D eigenvalue weighted by Crippen LogP contribution is -2.47. The number of allylic oxidation sites excluding steroid dienone is 1. The molecule has 2 aromatic carbocycles. The van der Waals surface area contributed by atoms with Crippen molar-refractivity contribution in [3.05, 3.63) is 108 Å². The Balaban J connectivity index is 1.51. The summed E-state index contributed by atoms with van der Waals surface area (Å²) in [4.78, 5) is 4.13. The third kappa shape index (κ3) is 3.44. The highest BCUT2D eigenvalue weighted by molar-refractivity contribution is 5.78. The van der Waals surface area contributed by atoms with Crippen LogP contribution in [0.25, 0.3) is 16.7 Å². The number of nitrogens with one attached hydrogen (secondary N) is 1. The van der Waals surface area contributed by atoms with E-state index in [-0.39, 0.29) is 17.5 Å². The third-order valence-corrected chi connectivity index (χ3v) is 6.64. The second-order valence-corrected chi connectivity index (χ2v) is 10.0. The molecular formula is C28H26N6O2. The number of aromatic nitrogens is 2. The highest BCUT2D eigenvalue weighted by Gasteiger charge is 2.48. The van der Waals surface area contributed by atoms with E-state index in [2.05, 4.69) is 37.3 Å². The number of imidazole rings is 1. The van der Waals surface area contributed by atoms with E-state index in [4.69, 9.17) is 14.9 Å². The SMILES string of the molecule is CC(C)(C)N1NC(c2cc3ccccc3o2)C2=C1OC(N)=C(C#N)C2c1ccc(-n2ccnc2)cc1. The van der Waals surface area contributed by atoms with Crippen LogP contribution in [0.5, 0.6) is 0 Å². The van der Waals surface area contributed by atoms with Crippen LogP contribution in [0.2, 0.25) is 0 Å². The molecule has 6 rings (SSSR count). The fraction of sp³-hybridized carbons (Fsp3) is 0.214. The summed E-state index contributed by atoms with van der Waals surface area (Å²) in [7, 11) is 0. The number of hydrogen-bond donors (Lipinski definition) is 2. The Morgan fingerprint density at radius 1 is 1.11 bits per heavy atom. The van der Waals surface area contributed by atoms with E-state index in [0.29, 0.717) is 11.5 Å². The van der Waals surface area contributed by atoms with Gasteiger partial charge in [0.25, 0.3) is 0 Å². The van der Waals surface area contributed by atoms with E-state index in [9.17, 15) is 5.26 Å². The van der Waals surface area contributed by atoms with Gasteiger partial charge in [0.2, 0.25) is 11.8 Å². The van der Waals surface area contributed by atoms with E-state index >= 15 is 0 Å². The average Bonchev–Trinajstić information content (AvgIpc) is 3.61. The zero-order chi connectivity index (χ0) is 25.0. The van der Waals surface area contributed by atoms with Crippen LogP contribution in [0, 0.1) is 11.3 Å². The molecule has 2 aliphatic rings. The molecule has 0 spiro atoms. The molecule has 180 valence electrons. The van der Waals surface area contributed by atoms with Gasteiger partial charge < -0.3 is 19.5 Å². The van der Waals surface area contributed by atoms with Crippen molar-refractivity contribution in [3.8, 4) is 11.8 Å². The second-order valence-electron chi connectivity index (χ2n) is 10.0. The molecule has 0 fully saturated rings. The smallest absolute Gasteiger partial charge is 0.214 e. The van der Waals surface area contributed by atoms with Crippen molar-refractivity contribution >= 4 is 11.0 Å². The van der Waals surface area contributed by atoms with Crippen LogP contribution in [-0.4, -0.2) is 20.1 Å². The van der Waals surface area contributed by atoms with Gasteiger partial charge in [-0.15, -0.1) is 0 Å². The first-order chi connectivity index (χ1) is 17.3. The Bertz CT molecular complexity index is 1520. The second kappa shape index (κ2) is 8.04. The van der Waals surface area contributed by atoms with Gasteiger partial charge in [-0.05, 0) is 50.6 Å². The number of benzene rings is 2. The standard InChI is InChI=1S/C28H26N6O2/c1-28(2,3)34-27-24(25(32-34)22-14-18-6-4-5-7-21(18)35-22)23(20(15-29)26(30)36-27)17-8-10-19(11-9-17)33-13-12-31-16-33/h4-14,16,23,25,32H,30H2,1-3H3. The predicted octanol–water partition coefficient (Wildman–Crippen LogP) is 5.00. The van der Waals surface area contributed by atoms with E-state index in [1.165, 1.54) is 0 Å². The minimum atomic E-state index is -0.409. The summed E-state index contributed by atoms with van der Waals surface area (Å²) in [5.41, 5.74) is 13.6. The Kier molecular flexibility index (Phi) is 4.92. The lowest BCUT2D eigenvalue weighted by atomic mass is 9.80. The molecule has 2 aromatic heterocycles. The zero-order valence-corrected chi connectivity index (χ0v) is 20.3. The topological polar surface area (TPSA) is 105 Å². The van der Waals surface area contributed by atoms with Gasteiger partial charge in [-0.25, -0.2) is 10.4 Å². The van der Waals surface area contributed by atoms with Crippen molar-refractivity contribution < 1.29 is 9.15 Å². The molecule has 4 heterocycles. The van der Waals surface area contributed by atoms with Crippen LogP contribution in [0.15, 0.2) is 101 Å². The number of nitriles is 1. The Labute approximate surface area is 208 Å². The summed E-state index contributed by atoms with van der Waals surface area (Å²) in [5.74, 6) is 1.06. The molecule has 2 atom stereocenters. The van der Waals surface area contributed by atoms with Gasteiger partial charge in [-0.2, -0.15) is 5.26 Å². The number of nitrogens with two attached hydrogens (primary N) is 1. The monoisotopic (exact) mass is 478 g/mol. The van der Waals surface area contributed by atoms with E-state index < -0.39 is 5.92 Å². The van der Waals surface area contributed by atoms with Crippen molar-refractivity contribution in [2.75, 3.05) is 0 Å². The molecule has 0 bridgehead atoms. The van der Waals surface area contributed by atoms with Gasteiger partial charge in [0, 0.05) is 29.0 Å². The third-order valence-electron chi connectivity index (χ3n) is 6.64. The van der Waals surface area contributed by atoms with Crippen molar-refractivity contribution in [3.63, 3.8) is 0 Å². The zero-order valence-electron chi connectivity index (χ0n) is 20.3. The number of rotatable bonds is 3. The molecule has 2 aliphatic heterocycles. The number of ether oxygens (including phenoxy) is 1. The first kappa shape index (κ1) is 22.0. The number of hydrogen-bond acceptors (Lipinski definition) is 7. The van der Waals surface area contributed by atoms with Crippen LogP contribution in [0.1, 0.15) is 44.1 Å². The van der Waals surface area contributed by atoms with E-state index in [1.54, 1.807) is 12.5 Å². The maximum atomic E-state index is 10.2. The first-order valence-electron chi connectivity index (χ1n) is 11.8. The summed E-state index contributed by atoms with van der Waals surface area (Å²) >= 11 is 0. The van der Waals surface area contributed by atoms with Crippen molar-refractivity contribution in [1.29, 1.82) is 5.26 Å². The van der Waals surface area contributed by atoms with Gasteiger partial charge in [0.15, 0.2) is 0 Å². The van der Waals surface area contributed by atoms with Crippen LogP contribution in [-0.2, 0) is 4.74 Å². The maximum absolute atomic E-state index is 10.2. The minimum Gasteiger partial charge on any atom is -0.459 e. The highest BCUT2D eigenvalue weighted by Crippen LogP contribution is 2.50. The van der Waals surface area contributed by atoms with E-state index in [0.717, 1.165) is 33.6 Å². The predicted molar refractivity (Wildman–Crippen MR) is 135 cm³/mol. The molecule has 36 heavy (non-hydrogen) atoms. The van der Waals surface area contributed by atoms with E-state index in [1.807, 2.05) is 70.4 Å². The molecule has 0 aliphatic carbocycles. The van der Waals surface area contributed by atoms with Gasteiger partial charge in [0.05, 0.1) is 17.8 Å². The summed E-state index contributed by atoms with van der Waals surface area (Å²) in [6, 6.07) is 20.0. The Morgan fingerprint density at radius 2 is 1.89 bits per heavy atom. The number of hydrazine groups is 1. The van der Waals surface area contributed by atoms with Gasteiger partial charge >= 0.3 is 0 Å². The summed E-state index contributed by atoms with van der Waals surface area (Å²) in [6.07, 6.45) is 5.38. The molecular weight excluding hydrogens is 452 g/mol. The summed E-state index contributed by atoms with van der Waals surface area (Å²) < 4.78 is 14.4. The maximum Gasteiger partial charge on any atom is 0.214 e. The fourth-order valence-corrected chi connectivity index (χ4v) is 4.94. The van der Waals surface area contributed by atoms with Gasteiger partial charge in [0.1, 0.15) is 29.0 Å². The largest absolute Gasteiger partial charge is 0.459 e. The van der Waals surface area contributed by atoms with Crippen molar-refractivity contribution in [2.45, 2.75) is 38.3 Å². The quantitative estimate of drug-likeness (QED) is 0.427. The molecule has 3 N–H and O–H groups in total. The van der Waals surface area contributed by atoms with Gasteiger partial charge in [-0.3, -0.25) is 5.01 Å². The van der Waals surface area contributed by atoms with Crippen LogP contribution in [0.4, 0.5) is 0 Å². The number of fused-ring (bicyclic) bond motifs is 1. The first-order valence-corrected chi connectivity index (χ1v) is 11.8. The fourth-order valence-electron chi connectivity index (χ4n) is 4.94. The van der Waals surface area contributed by atoms with Crippen molar-refractivity contribution in [1.82, 2.24) is 20.0 Å². The Hall–Kier alpha value is -4.48. The number of para-hydroxylation sites is 1. The number of nitrogens with zero attached hydrogens (tertiary/aromatic N) is 4. The molecule has 4 aromatic rings. The van der Waals surface area contributed by atoms with Crippen LogP contribution < -0.4 is 11.2 Å². The highest BCUT2D eigenvalue weighted by atomic mass is 16.5. The summed E-state index contributed by atoms with van der Waals surface area (Å²) in [5, 5.41) is 13.1. The molecule has 8 nitrogen and oxygen atoms in total. The Morgan fingerprint density at radius 3 is 2.56 bits per heavy atom. The average molecular weight is 479 g/mol. The van der Waals surface area contributed by atoms with Crippen LogP contribution >= 0.6 is 0 Å². The molecule has 0 amide bonds. The molecule has 0 saturated carbocycles. The van der Waals surface area contributed by atoms with Crippen LogP contribution in [0.3, 0.4) is 0 Å². The molecule has 0 saturated heterocycles. The van der Waals surface area contributed by atoms with Gasteiger partial charge in [-0.1, -0.05) is 30.3 Å². The lowest BCUT2D eigenvalue weighted by molar-refractivity contribution is 0.0489. The molecule has 8 heteroatoms. The van der Waals surface area contributed by atoms with Crippen molar-refractivity contribution in [2.24, 2.45) is 5.73 Å². The number of furan rings is 1. The minimum absolute atomic E-state index is 0.112. The molecule has 0 radical (unpaired) electrons.